The molecule has 2 aromatic heterocycles. The standard InChI is InChI=1S/C22H16F3N3O2/c1-13-7-15(8-16(10-26)19-5-3-17(11-27-19)22(23,24)25)14(2)28(13)18-4-6-20-21(9-18)30-12-29-20/h3-9,11H,12H2,1-2H3/b16-8+. The Morgan fingerprint density at radius 2 is 1.90 bits per heavy atom. The van der Waals surface area contributed by atoms with Crippen LogP contribution in [0, 0.1) is 25.2 Å². The third kappa shape index (κ3) is 3.50. The maximum absolute atomic E-state index is 12.8. The minimum atomic E-state index is -4.47. The van der Waals surface area contributed by atoms with Gasteiger partial charge in [0.05, 0.1) is 16.8 Å². The fourth-order valence-corrected chi connectivity index (χ4v) is 3.40. The van der Waals surface area contributed by atoms with Crippen LogP contribution in [0.4, 0.5) is 13.2 Å². The first-order chi connectivity index (χ1) is 14.3. The van der Waals surface area contributed by atoms with Crippen molar-refractivity contribution in [1.82, 2.24) is 9.55 Å². The van der Waals surface area contributed by atoms with E-state index in [0.717, 1.165) is 34.9 Å². The Hall–Kier alpha value is -3.73. The lowest BCUT2D eigenvalue weighted by Crippen LogP contribution is -2.05. The number of alkyl halides is 3. The molecule has 0 saturated heterocycles. The predicted octanol–water partition coefficient (Wildman–Crippen LogP) is 5.30. The second-order valence-electron chi connectivity index (χ2n) is 6.80. The molecule has 1 aromatic carbocycles. The van der Waals surface area contributed by atoms with Crippen molar-refractivity contribution in [1.29, 1.82) is 5.26 Å². The Morgan fingerprint density at radius 3 is 2.57 bits per heavy atom. The largest absolute Gasteiger partial charge is 0.454 e. The van der Waals surface area contributed by atoms with E-state index in [9.17, 15) is 18.4 Å². The summed E-state index contributed by atoms with van der Waals surface area (Å²) in [5, 5.41) is 9.54. The van der Waals surface area contributed by atoms with Gasteiger partial charge in [0.1, 0.15) is 6.07 Å². The number of hydrogen-bond donors (Lipinski definition) is 0. The van der Waals surface area contributed by atoms with E-state index in [2.05, 4.69) is 4.98 Å². The zero-order valence-electron chi connectivity index (χ0n) is 16.1. The third-order valence-electron chi connectivity index (χ3n) is 4.87. The molecule has 0 aliphatic carbocycles. The predicted molar refractivity (Wildman–Crippen MR) is 104 cm³/mol. The molecule has 0 radical (unpaired) electrons. The molecule has 0 spiro atoms. The van der Waals surface area contributed by atoms with Gasteiger partial charge in [0.2, 0.25) is 6.79 Å². The highest BCUT2D eigenvalue weighted by atomic mass is 19.4. The van der Waals surface area contributed by atoms with Gasteiger partial charge in [0.15, 0.2) is 11.5 Å². The Balaban J connectivity index is 1.71. The number of pyridine rings is 1. The van der Waals surface area contributed by atoms with Crippen molar-refractivity contribution in [3.8, 4) is 23.3 Å². The molecule has 0 amide bonds. The third-order valence-corrected chi connectivity index (χ3v) is 4.87. The minimum Gasteiger partial charge on any atom is -0.454 e. The molecule has 30 heavy (non-hydrogen) atoms. The zero-order valence-corrected chi connectivity index (χ0v) is 16.1. The molecule has 8 heteroatoms. The summed E-state index contributed by atoms with van der Waals surface area (Å²) in [6, 6.07) is 11.7. The Kier molecular flexibility index (Phi) is 4.74. The number of allylic oxidation sites excluding steroid dienone is 1. The first kappa shape index (κ1) is 19.6. The molecule has 0 unspecified atom stereocenters. The number of fused-ring (bicyclic) bond motifs is 1. The highest BCUT2D eigenvalue weighted by Crippen LogP contribution is 2.35. The van der Waals surface area contributed by atoms with Crippen LogP contribution < -0.4 is 9.47 Å². The first-order valence-electron chi connectivity index (χ1n) is 9.02. The van der Waals surface area contributed by atoms with Crippen molar-refractivity contribution >= 4 is 11.6 Å². The maximum Gasteiger partial charge on any atom is 0.417 e. The Morgan fingerprint density at radius 1 is 1.13 bits per heavy atom. The lowest BCUT2D eigenvalue weighted by molar-refractivity contribution is -0.137. The summed E-state index contributed by atoms with van der Waals surface area (Å²) in [5.74, 6) is 1.34. The number of halogens is 3. The van der Waals surface area contributed by atoms with E-state index < -0.39 is 11.7 Å². The Bertz CT molecular complexity index is 1190. The molecule has 3 aromatic rings. The summed E-state index contributed by atoms with van der Waals surface area (Å²) >= 11 is 0. The topological polar surface area (TPSA) is 60.1 Å². The van der Waals surface area contributed by atoms with Gasteiger partial charge in [-0.15, -0.1) is 0 Å². The van der Waals surface area contributed by atoms with E-state index in [0.29, 0.717) is 11.5 Å². The van der Waals surface area contributed by atoms with Crippen molar-refractivity contribution in [2.24, 2.45) is 0 Å². The van der Waals surface area contributed by atoms with E-state index in [1.807, 2.05) is 48.7 Å². The number of hydrogen-bond acceptors (Lipinski definition) is 4. The van der Waals surface area contributed by atoms with Gasteiger partial charge in [-0.3, -0.25) is 4.98 Å². The van der Waals surface area contributed by atoms with E-state index in [-0.39, 0.29) is 18.1 Å². The molecule has 0 fully saturated rings. The smallest absolute Gasteiger partial charge is 0.417 e. The fourth-order valence-electron chi connectivity index (χ4n) is 3.40. The molecular formula is C22H16F3N3O2. The quantitative estimate of drug-likeness (QED) is 0.549. The molecule has 3 heterocycles. The van der Waals surface area contributed by atoms with Gasteiger partial charge in [-0.05, 0) is 55.8 Å². The number of aryl methyl sites for hydroxylation is 1. The summed E-state index contributed by atoms with van der Waals surface area (Å²) in [4.78, 5) is 3.82. The van der Waals surface area contributed by atoms with E-state index in [1.54, 1.807) is 6.08 Å². The summed E-state index contributed by atoms with van der Waals surface area (Å²) in [6.45, 7) is 4.01. The molecule has 1 aliphatic heterocycles. The fraction of sp³-hybridized carbons (Fsp3) is 0.182. The number of ether oxygens (including phenoxy) is 2. The zero-order chi connectivity index (χ0) is 21.5. The van der Waals surface area contributed by atoms with Crippen LogP contribution in [-0.2, 0) is 6.18 Å². The van der Waals surface area contributed by atoms with Gasteiger partial charge in [-0.25, -0.2) is 0 Å². The second-order valence-corrected chi connectivity index (χ2v) is 6.80. The lowest BCUT2D eigenvalue weighted by Gasteiger charge is -2.10. The number of rotatable bonds is 3. The van der Waals surface area contributed by atoms with Gasteiger partial charge in [0, 0.05) is 29.3 Å². The van der Waals surface area contributed by atoms with Crippen LogP contribution >= 0.6 is 0 Å². The number of nitrogens with zero attached hydrogens (tertiary/aromatic N) is 3. The molecule has 152 valence electrons. The van der Waals surface area contributed by atoms with Gasteiger partial charge in [0.25, 0.3) is 0 Å². The average molecular weight is 411 g/mol. The second kappa shape index (κ2) is 7.26. The minimum absolute atomic E-state index is 0.176. The monoisotopic (exact) mass is 411 g/mol. The summed E-state index contributed by atoms with van der Waals surface area (Å²) < 4.78 is 51.1. The van der Waals surface area contributed by atoms with Crippen LogP contribution in [0.1, 0.15) is 28.2 Å². The van der Waals surface area contributed by atoms with Crippen molar-refractivity contribution in [3.63, 3.8) is 0 Å². The highest BCUT2D eigenvalue weighted by molar-refractivity contribution is 5.89. The van der Waals surface area contributed by atoms with Crippen LogP contribution in [0.25, 0.3) is 17.3 Å². The molecule has 5 nitrogen and oxygen atoms in total. The summed E-state index contributed by atoms with van der Waals surface area (Å²) in [6.07, 6.45) is -2.12. The summed E-state index contributed by atoms with van der Waals surface area (Å²) in [5.41, 5.74) is 2.93. The normalized spacial score (nSPS) is 13.4. The molecule has 0 saturated carbocycles. The Labute approximate surface area is 170 Å². The SMILES string of the molecule is Cc1cc(/C=C(\C#N)c2ccc(C(F)(F)F)cn2)c(C)n1-c1ccc2c(c1)OCO2. The van der Waals surface area contributed by atoms with Crippen LogP contribution in [0.2, 0.25) is 0 Å². The molecule has 1 aliphatic rings. The van der Waals surface area contributed by atoms with E-state index in [1.165, 1.54) is 6.07 Å². The first-order valence-corrected chi connectivity index (χ1v) is 9.02. The van der Waals surface area contributed by atoms with Crippen LogP contribution in [0.3, 0.4) is 0 Å². The number of benzene rings is 1. The molecular weight excluding hydrogens is 395 g/mol. The van der Waals surface area contributed by atoms with Crippen LogP contribution in [0.5, 0.6) is 11.5 Å². The van der Waals surface area contributed by atoms with Gasteiger partial charge >= 0.3 is 6.18 Å². The van der Waals surface area contributed by atoms with Crippen LogP contribution in [0.15, 0.2) is 42.6 Å². The van der Waals surface area contributed by atoms with Gasteiger partial charge < -0.3 is 14.0 Å². The van der Waals surface area contributed by atoms with Crippen LogP contribution in [-0.4, -0.2) is 16.3 Å². The van der Waals surface area contributed by atoms with Gasteiger partial charge in [-0.2, -0.15) is 18.4 Å². The molecule has 4 rings (SSSR count). The van der Waals surface area contributed by atoms with Crippen molar-refractivity contribution in [2.75, 3.05) is 6.79 Å². The van der Waals surface area contributed by atoms with E-state index >= 15 is 0 Å². The molecule has 0 N–H and O–H groups in total. The summed E-state index contributed by atoms with van der Waals surface area (Å²) in [7, 11) is 0. The highest BCUT2D eigenvalue weighted by Gasteiger charge is 2.30. The molecule has 0 atom stereocenters. The average Bonchev–Trinajstić information content (AvgIpc) is 3.28. The van der Waals surface area contributed by atoms with Crippen molar-refractivity contribution in [2.45, 2.75) is 20.0 Å². The lowest BCUT2D eigenvalue weighted by atomic mass is 10.1. The van der Waals surface area contributed by atoms with Crippen molar-refractivity contribution < 1.29 is 22.6 Å². The maximum atomic E-state index is 12.8. The van der Waals surface area contributed by atoms with Crippen molar-refractivity contribution in [3.05, 3.63) is 70.8 Å². The molecule has 0 bridgehead atoms. The van der Waals surface area contributed by atoms with E-state index in [4.69, 9.17) is 9.47 Å². The number of nitriles is 1. The van der Waals surface area contributed by atoms with Gasteiger partial charge in [-0.1, -0.05) is 0 Å². The number of aromatic nitrogens is 2.